The summed E-state index contributed by atoms with van der Waals surface area (Å²) in [6, 6.07) is 5.96. The van der Waals surface area contributed by atoms with Crippen LogP contribution in [0.3, 0.4) is 0 Å². The fraction of sp³-hybridized carbons (Fsp3) is 0.357. The van der Waals surface area contributed by atoms with Crippen molar-refractivity contribution in [1.29, 1.82) is 0 Å². The van der Waals surface area contributed by atoms with Crippen LogP contribution >= 0.6 is 0 Å². The van der Waals surface area contributed by atoms with Crippen molar-refractivity contribution in [3.63, 3.8) is 0 Å². The van der Waals surface area contributed by atoms with Crippen LogP contribution in [0.4, 0.5) is 0 Å². The number of ether oxygens (including phenoxy) is 1. The molecule has 1 aliphatic rings. The van der Waals surface area contributed by atoms with E-state index in [9.17, 15) is 4.79 Å². The maximum absolute atomic E-state index is 11.9. The lowest BCUT2D eigenvalue weighted by molar-refractivity contribution is -0.116. The second-order valence-electron chi connectivity index (χ2n) is 4.14. The summed E-state index contributed by atoms with van der Waals surface area (Å²) in [5, 5.41) is 0. The van der Waals surface area contributed by atoms with Gasteiger partial charge in [0.25, 0.3) is 0 Å². The molecule has 1 aromatic carbocycles. The summed E-state index contributed by atoms with van der Waals surface area (Å²) in [7, 11) is 1.65. The number of allylic oxidation sites excluding steroid dienone is 2. The number of hydrogen-bond acceptors (Lipinski definition) is 2. The van der Waals surface area contributed by atoms with Gasteiger partial charge in [-0.15, -0.1) is 0 Å². The van der Waals surface area contributed by atoms with Crippen molar-refractivity contribution >= 4 is 11.4 Å². The van der Waals surface area contributed by atoms with Crippen LogP contribution in [0.15, 0.2) is 24.3 Å². The molecule has 0 spiro atoms. The van der Waals surface area contributed by atoms with Crippen molar-refractivity contribution in [2.75, 3.05) is 7.11 Å². The monoisotopic (exact) mass is 216 g/mol. The van der Waals surface area contributed by atoms with Crippen molar-refractivity contribution in [3.05, 3.63) is 35.4 Å². The minimum Gasteiger partial charge on any atom is -0.497 e. The average Bonchev–Trinajstić information content (AvgIpc) is 2.28. The lowest BCUT2D eigenvalue weighted by Crippen LogP contribution is -2.15. The Kier molecular flexibility index (Phi) is 2.82. The summed E-state index contributed by atoms with van der Waals surface area (Å²) in [4.78, 5) is 11.9. The molecule has 0 N–H and O–H groups in total. The zero-order chi connectivity index (χ0) is 11.7. The first-order valence-electron chi connectivity index (χ1n) is 5.57. The highest BCUT2D eigenvalue weighted by Crippen LogP contribution is 2.36. The number of carbonyl (C=O) groups is 1. The third-order valence-electron chi connectivity index (χ3n) is 3.17. The number of benzene rings is 1. The Labute approximate surface area is 95.9 Å². The Morgan fingerprint density at radius 3 is 2.75 bits per heavy atom. The predicted octanol–water partition coefficient (Wildman–Crippen LogP) is 3.17. The first kappa shape index (κ1) is 10.9. The van der Waals surface area contributed by atoms with Gasteiger partial charge in [0.1, 0.15) is 5.75 Å². The Bertz CT molecular complexity index is 458. The van der Waals surface area contributed by atoms with Crippen LogP contribution in [-0.2, 0) is 4.79 Å². The molecule has 2 rings (SSSR count). The molecular weight excluding hydrogens is 200 g/mol. The molecule has 1 aliphatic carbocycles. The van der Waals surface area contributed by atoms with Gasteiger partial charge in [-0.05, 0) is 48.3 Å². The van der Waals surface area contributed by atoms with Crippen molar-refractivity contribution in [2.45, 2.75) is 26.2 Å². The number of hydrogen-bond donors (Lipinski definition) is 0. The molecule has 0 saturated heterocycles. The Morgan fingerprint density at radius 1 is 1.38 bits per heavy atom. The topological polar surface area (TPSA) is 26.3 Å². The number of methoxy groups -OCH3 is 1. The second kappa shape index (κ2) is 4.12. The molecule has 84 valence electrons. The highest BCUT2D eigenvalue weighted by atomic mass is 16.5. The van der Waals surface area contributed by atoms with E-state index >= 15 is 0 Å². The number of carbonyl (C=O) groups excluding carboxylic acids is 1. The zero-order valence-electron chi connectivity index (χ0n) is 9.91. The minimum absolute atomic E-state index is 0.00574. The van der Waals surface area contributed by atoms with E-state index in [0.717, 1.165) is 23.3 Å². The fourth-order valence-electron chi connectivity index (χ4n) is 2.28. The smallest absolute Gasteiger partial charge is 0.163 e. The molecule has 0 aromatic heterocycles. The Balaban J connectivity index is 2.58. The molecule has 0 fully saturated rings. The van der Waals surface area contributed by atoms with E-state index in [4.69, 9.17) is 4.74 Å². The second-order valence-corrected chi connectivity index (χ2v) is 4.14. The summed E-state index contributed by atoms with van der Waals surface area (Å²) >= 11 is 0. The molecule has 0 saturated carbocycles. The van der Waals surface area contributed by atoms with Gasteiger partial charge in [-0.1, -0.05) is 13.0 Å². The zero-order valence-corrected chi connectivity index (χ0v) is 9.91. The predicted molar refractivity (Wildman–Crippen MR) is 64.7 cm³/mol. The van der Waals surface area contributed by atoms with Gasteiger partial charge in [0.05, 0.1) is 7.11 Å². The Morgan fingerprint density at radius 2 is 2.12 bits per heavy atom. The van der Waals surface area contributed by atoms with Crippen LogP contribution in [0, 0.1) is 0 Å². The molecular formula is C14H16O2. The maximum atomic E-state index is 11.9. The fourth-order valence-corrected chi connectivity index (χ4v) is 2.28. The van der Waals surface area contributed by atoms with Gasteiger partial charge in [0, 0.05) is 5.92 Å². The summed E-state index contributed by atoms with van der Waals surface area (Å²) in [6.45, 7) is 4.02. The molecule has 2 nitrogen and oxygen atoms in total. The van der Waals surface area contributed by atoms with Crippen molar-refractivity contribution < 1.29 is 9.53 Å². The molecule has 0 aliphatic heterocycles. The maximum Gasteiger partial charge on any atom is 0.163 e. The first-order valence-corrected chi connectivity index (χ1v) is 5.57. The third kappa shape index (κ3) is 1.64. The molecule has 0 radical (unpaired) electrons. The molecule has 0 heterocycles. The van der Waals surface area contributed by atoms with Crippen LogP contribution in [-0.4, -0.2) is 12.9 Å². The SMILES string of the molecule is CCC1C(=O)C=C(C)c2ccc(OC)cc21. The van der Waals surface area contributed by atoms with Gasteiger partial charge < -0.3 is 4.74 Å². The van der Waals surface area contributed by atoms with Crippen molar-refractivity contribution in [3.8, 4) is 5.75 Å². The summed E-state index contributed by atoms with van der Waals surface area (Å²) < 4.78 is 5.21. The molecule has 1 atom stereocenters. The van der Waals surface area contributed by atoms with Crippen LogP contribution in [0.1, 0.15) is 37.3 Å². The van der Waals surface area contributed by atoms with E-state index in [1.54, 1.807) is 13.2 Å². The van der Waals surface area contributed by atoms with Crippen LogP contribution < -0.4 is 4.74 Å². The van der Waals surface area contributed by atoms with Crippen LogP contribution in [0.2, 0.25) is 0 Å². The van der Waals surface area contributed by atoms with Gasteiger partial charge in [-0.3, -0.25) is 4.79 Å². The van der Waals surface area contributed by atoms with Crippen molar-refractivity contribution in [2.24, 2.45) is 0 Å². The molecule has 16 heavy (non-hydrogen) atoms. The first-order chi connectivity index (χ1) is 7.67. The van der Waals surface area contributed by atoms with Gasteiger partial charge >= 0.3 is 0 Å². The summed E-state index contributed by atoms with van der Waals surface area (Å²) in [5.41, 5.74) is 3.33. The van der Waals surface area contributed by atoms with Crippen molar-refractivity contribution in [1.82, 2.24) is 0 Å². The number of rotatable bonds is 2. The number of fused-ring (bicyclic) bond motifs is 1. The summed E-state index contributed by atoms with van der Waals surface area (Å²) in [6.07, 6.45) is 2.59. The van der Waals surface area contributed by atoms with E-state index < -0.39 is 0 Å². The molecule has 1 unspecified atom stereocenters. The largest absolute Gasteiger partial charge is 0.497 e. The van der Waals surface area contributed by atoms with E-state index in [1.165, 1.54) is 5.56 Å². The van der Waals surface area contributed by atoms with Crippen LogP contribution in [0.5, 0.6) is 5.75 Å². The quantitative estimate of drug-likeness (QED) is 0.759. The van der Waals surface area contributed by atoms with Gasteiger partial charge in [-0.2, -0.15) is 0 Å². The Hall–Kier alpha value is -1.57. The summed E-state index contributed by atoms with van der Waals surface area (Å²) in [5.74, 6) is 1.02. The molecule has 2 heteroatoms. The third-order valence-corrected chi connectivity index (χ3v) is 3.17. The molecule has 0 bridgehead atoms. The molecule has 1 aromatic rings. The van der Waals surface area contributed by atoms with Gasteiger partial charge in [0.2, 0.25) is 0 Å². The van der Waals surface area contributed by atoms with E-state index in [0.29, 0.717) is 0 Å². The van der Waals surface area contributed by atoms with Crippen LogP contribution in [0.25, 0.3) is 5.57 Å². The molecule has 0 amide bonds. The lowest BCUT2D eigenvalue weighted by atomic mass is 9.81. The minimum atomic E-state index is -0.00574. The van der Waals surface area contributed by atoms with E-state index in [-0.39, 0.29) is 11.7 Å². The van der Waals surface area contributed by atoms with Gasteiger partial charge in [-0.25, -0.2) is 0 Å². The normalized spacial score (nSPS) is 19.1. The number of ketones is 1. The lowest BCUT2D eigenvalue weighted by Gasteiger charge is -2.22. The van der Waals surface area contributed by atoms with E-state index in [2.05, 4.69) is 0 Å². The average molecular weight is 216 g/mol. The van der Waals surface area contributed by atoms with E-state index in [1.807, 2.05) is 32.0 Å². The highest BCUT2D eigenvalue weighted by Gasteiger charge is 2.25. The highest BCUT2D eigenvalue weighted by molar-refractivity contribution is 6.04. The van der Waals surface area contributed by atoms with Gasteiger partial charge in [0.15, 0.2) is 5.78 Å². The standard InChI is InChI=1S/C14H16O2/c1-4-11-13-8-10(16-3)5-6-12(13)9(2)7-14(11)15/h5-8,11H,4H2,1-3H3.